The number of piperidine rings is 1. The topological polar surface area (TPSA) is 99.0 Å². The highest BCUT2D eigenvalue weighted by molar-refractivity contribution is 7.89. The van der Waals surface area contributed by atoms with Gasteiger partial charge in [0.1, 0.15) is 5.82 Å². The van der Waals surface area contributed by atoms with Crippen LogP contribution < -0.4 is 5.32 Å². The number of anilines is 2. The van der Waals surface area contributed by atoms with Crippen LogP contribution in [0.4, 0.5) is 10.9 Å². The zero-order valence-electron chi connectivity index (χ0n) is 16.0. The molecular formula is C20H21N5O2S2. The number of nitrogens with one attached hydrogen (secondary N) is 1. The molecule has 9 heteroatoms. The van der Waals surface area contributed by atoms with E-state index in [0.29, 0.717) is 30.4 Å². The number of hydrogen-bond donors (Lipinski definition) is 1. The van der Waals surface area contributed by atoms with Gasteiger partial charge in [0.2, 0.25) is 10.0 Å². The molecule has 2 aromatic heterocycles. The molecule has 0 amide bonds. The van der Waals surface area contributed by atoms with E-state index < -0.39 is 10.0 Å². The van der Waals surface area contributed by atoms with E-state index in [0.717, 1.165) is 33.8 Å². The number of benzene rings is 1. The van der Waals surface area contributed by atoms with Gasteiger partial charge in [0.25, 0.3) is 0 Å². The predicted molar refractivity (Wildman–Crippen MR) is 115 cm³/mol. The van der Waals surface area contributed by atoms with Gasteiger partial charge in [-0.2, -0.15) is 5.26 Å². The summed E-state index contributed by atoms with van der Waals surface area (Å²) in [6.07, 6.45) is 3.38. The lowest BCUT2D eigenvalue weighted by molar-refractivity contribution is 0.320. The Morgan fingerprint density at radius 1 is 1.28 bits per heavy atom. The third-order valence-corrected chi connectivity index (χ3v) is 8.04. The van der Waals surface area contributed by atoms with Crippen molar-refractivity contribution in [2.45, 2.75) is 25.7 Å². The van der Waals surface area contributed by atoms with Gasteiger partial charge in [0.05, 0.1) is 27.6 Å². The molecule has 1 fully saturated rings. The van der Waals surface area contributed by atoms with Crippen LogP contribution in [0.15, 0.2) is 36.5 Å². The highest BCUT2D eigenvalue weighted by Crippen LogP contribution is 2.32. The van der Waals surface area contributed by atoms with E-state index in [9.17, 15) is 8.42 Å². The minimum Gasteiger partial charge on any atom is -0.316 e. The van der Waals surface area contributed by atoms with E-state index in [1.54, 1.807) is 23.5 Å². The number of rotatable bonds is 5. The maximum atomic E-state index is 12.1. The number of nitriles is 1. The van der Waals surface area contributed by atoms with Crippen LogP contribution in [0.25, 0.3) is 10.2 Å². The highest BCUT2D eigenvalue weighted by Gasteiger charge is 2.27. The molecule has 0 aliphatic carbocycles. The summed E-state index contributed by atoms with van der Waals surface area (Å²) in [5.41, 5.74) is 2.62. The van der Waals surface area contributed by atoms with Crippen LogP contribution in [0, 0.1) is 11.3 Å². The highest BCUT2D eigenvalue weighted by atomic mass is 32.2. The molecule has 1 aliphatic rings. The maximum Gasteiger partial charge on any atom is 0.213 e. The van der Waals surface area contributed by atoms with Gasteiger partial charge in [-0.15, -0.1) is 0 Å². The summed E-state index contributed by atoms with van der Waals surface area (Å²) in [4.78, 5) is 8.95. The summed E-state index contributed by atoms with van der Waals surface area (Å²) in [5, 5.41) is 13.0. The van der Waals surface area contributed by atoms with Gasteiger partial charge in [-0.05, 0) is 61.6 Å². The second-order valence-corrected chi connectivity index (χ2v) is 10.3. The second kappa shape index (κ2) is 8.06. The van der Waals surface area contributed by atoms with Crippen LogP contribution in [0.5, 0.6) is 0 Å². The van der Waals surface area contributed by atoms with Gasteiger partial charge in [0.15, 0.2) is 5.13 Å². The Balaban J connectivity index is 1.48. The number of thiazole rings is 1. The van der Waals surface area contributed by atoms with Gasteiger partial charge < -0.3 is 5.32 Å². The lowest BCUT2D eigenvalue weighted by Gasteiger charge is -2.31. The Hall–Kier alpha value is -2.54. The zero-order chi connectivity index (χ0) is 20.4. The van der Waals surface area contributed by atoms with Gasteiger partial charge >= 0.3 is 0 Å². The summed E-state index contributed by atoms with van der Waals surface area (Å²) in [6.45, 7) is 2.81. The fourth-order valence-corrected chi connectivity index (χ4v) is 5.62. The van der Waals surface area contributed by atoms with Crippen molar-refractivity contribution in [3.05, 3.63) is 47.7 Å². The van der Waals surface area contributed by atoms with E-state index in [1.165, 1.54) is 11.3 Å². The Morgan fingerprint density at radius 2 is 2.07 bits per heavy atom. The van der Waals surface area contributed by atoms with Crippen molar-refractivity contribution in [2.24, 2.45) is 0 Å². The molecule has 1 aromatic carbocycles. The molecule has 29 heavy (non-hydrogen) atoms. The monoisotopic (exact) mass is 427 g/mol. The average Bonchev–Trinajstić information content (AvgIpc) is 3.15. The average molecular weight is 428 g/mol. The normalized spacial score (nSPS) is 16.0. The SMILES string of the molecule is CCS(=O)(=O)N1CCC(c2ccnc(Nc3nc4ccc(C#N)cc4s3)c2)CC1. The first-order valence-electron chi connectivity index (χ1n) is 9.50. The summed E-state index contributed by atoms with van der Waals surface area (Å²) in [7, 11) is -3.11. The molecule has 0 atom stereocenters. The Kier molecular flexibility index (Phi) is 5.50. The van der Waals surface area contributed by atoms with Crippen molar-refractivity contribution < 1.29 is 8.42 Å². The standard InChI is InChI=1S/C20H21N5O2S2/c1-2-29(26,27)25-9-6-15(7-10-25)16-5-8-22-19(12-16)24-20-23-17-4-3-14(13-21)11-18(17)28-20/h3-5,8,11-12,15H,2,6-7,9-10H2,1H3,(H,22,23,24). The molecule has 4 rings (SSSR count). The first-order chi connectivity index (χ1) is 14.0. The van der Waals surface area contributed by atoms with E-state index in [1.807, 2.05) is 24.3 Å². The quantitative estimate of drug-likeness (QED) is 0.664. The van der Waals surface area contributed by atoms with Crippen LogP contribution >= 0.6 is 11.3 Å². The van der Waals surface area contributed by atoms with E-state index in [4.69, 9.17) is 5.26 Å². The molecule has 3 aromatic rings. The first-order valence-corrected chi connectivity index (χ1v) is 11.9. The first kappa shape index (κ1) is 19.8. The van der Waals surface area contributed by atoms with Crippen LogP contribution in [0.3, 0.4) is 0 Å². The molecule has 0 radical (unpaired) electrons. The molecule has 1 aliphatic heterocycles. The smallest absolute Gasteiger partial charge is 0.213 e. The molecule has 3 heterocycles. The Morgan fingerprint density at radius 3 is 2.79 bits per heavy atom. The van der Waals surface area contributed by atoms with Crippen LogP contribution in [0.1, 0.15) is 36.8 Å². The van der Waals surface area contributed by atoms with Crippen molar-refractivity contribution in [2.75, 3.05) is 24.2 Å². The lowest BCUT2D eigenvalue weighted by atomic mass is 9.91. The van der Waals surface area contributed by atoms with Gasteiger partial charge in [-0.3, -0.25) is 0 Å². The second-order valence-electron chi connectivity index (χ2n) is 6.99. The minimum absolute atomic E-state index is 0.152. The predicted octanol–water partition coefficient (Wildman–Crippen LogP) is 3.84. The Bertz CT molecular complexity index is 1180. The minimum atomic E-state index is -3.11. The van der Waals surface area contributed by atoms with E-state index in [2.05, 4.69) is 21.4 Å². The largest absolute Gasteiger partial charge is 0.316 e. The van der Waals surface area contributed by atoms with E-state index >= 15 is 0 Å². The molecule has 0 spiro atoms. The van der Waals surface area contributed by atoms with Crippen molar-refractivity contribution in [1.82, 2.24) is 14.3 Å². The zero-order valence-corrected chi connectivity index (χ0v) is 17.6. The van der Waals surface area contributed by atoms with Crippen molar-refractivity contribution in [1.29, 1.82) is 5.26 Å². The van der Waals surface area contributed by atoms with Gasteiger partial charge in [-0.25, -0.2) is 22.7 Å². The summed E-state index contributed by atoms with van der Waals surface area (Å²) in [6, 6.07) is 11.6. The molecule has 1 N–H and O–H groups in total. The molecule has 0 saturated carbocycles. The number of sulfonamides is 1. The van der Waals surface area contributed by atoms with Crippen molar-refractivity contribution in [3.63, 3.8) is 0 Å². The molecule has 0 bridgehead atoms. The third-order valence-electron chi connectivity index (χ3n) is 5.22. The maximum absolute atomic E-state index is 12.1. The molecular weight excluding hydrogens is 406 g/mol. The molecule has 1 saturated heterocycles. The fraction of sp³-hybridized carbons (Fsp3) is 0.350. The number of fused-ring (bicyclic) bond motifs is 1. The lowest BCUT2D eigenvalue weighted by Crippen LogP contribution is -2.38. The summed E-state index contributed by atoms with van der Waals surface area (Å²) in [5.74, 6) is 1.18. The van der Waals surface area contributed by atoms with Crippen LogP contribution in [0.2, 0.25) is 0 Å². The van der Waals surface area contributed by atoms with Crippen LogP contribution in [-0.2, 0) is 10.0 Å². The molecule has 7 nitrogen and oxygen atoms in total. The van der Waals surface area contributed by atoms with E-state index in [-0.39, 0.29) is 5.75 Å². The van der Waals surface area contributed by atoms with Gasteiger partial charge in [0, 0.05) is 19.3 Å². The number of pyridine rings is 1. The van der Waals surface area contributed by atoms with Gasteiger partial charge in [-0.1, -0.05) is 11.3 Å². The third kappa shape index (κ3) is 4.24. The van der Waals surface area contributed by atoms with Crippen LogP contribution in [-0.4, -0.2) is 41.5 Å². The number of nitrogens with zero attached hydrogens (tertiary/aromatic N) is 4. The fourth-order valence-electron chi connectivity index (χ4n) is 3.58. The van der Waals surface area contributed by atoms with Crippen molar-refractivity contribution >= 4 is 42.5 Å². The van der Waals surface area contributed by atoms with Crippen molar-refractivity contribution in [3.8, 4) is 6.07 Å². The summed E-state index contributed by atoms with van der Waals surface area (Å²) < 4.78 is 26.7. The number of aromatic nitrogens is 2. The summed E-state index contributed by atoms with van der Waals surface area (Å²) >= 11 is 1.48. The number of hydrogen-bond acceptors (Lipinski definition) is 7. The molecule has 0 unspecified atom stereocenters. The molecule has 150 valence electrons. The Labute approximate surface area is 174 Å².